The molecule has 0 spiro atoms. The number of halogens is 1. The Hall–Kier alpha value is -2.53. The highest BCUT2D eigenvalue weighted by Gasteiger charge is 2.49. The van der Waals surface area contributed by atoms with Crippen molar-refractivity contribution in [1.82, 2.24) is 9.29 Å². The molecule has 1 aliphatic carbocycles. The number of aromatic nitrogens is 1. The Morgan fingerprint density at radius 2 is 1.94 bits per heavy atom. The Bertz CT molecular complexity index is 1590. The molecule has 11 heteroatoms. The maximum Gasteiger partial charge on any atom is 0.243 e. The van der Waals surface area contributed by atoms with Crippen LogP contribution in [0.1, 0.15) is 25.3 Å². The van der Waals surface area contributed by atoms with Gasteiger partial charge in [0.25, 0.3) is 0 Å². The molecule has 5 rings (SSSR count). The highest BCUT2D eigenvalue weighted by molar-refractivity contribution is 7.90. The smallest absolute Gasteiger partial charge is 0.243 e. The second kappa shape index (κ2) is 8.26. The Morgan fingerprint density at radius 1 is 1.20 bits per heavy atom. The molecular weight excluding hydrogens is 510 g/mol. The molecule has 1 N–H and O–H groups in total. The summed E-state index contributed by atoms with van der Waals surface area (Å²) < 4.78 is 51.9. The predicted molar refractivity (Wildman–Crippen MR) is 134 cm³/mol. The Kier molecular flexibility index (Phi) is 5.71. The summed E-state index contributed by atoms with van der Waals surface area (Å²) >= 11 is 6.22. The van der Waals surface area contributed by atoms with Crippen LogP contribution >= 0.6 is 11.6 Å². The SMILES string of the molecule is CC1(C(=O)Nc2cncc3cc(S(C)(=O)=O)ccc23)CN(CC2CC2)S(=O)(=O)c2ccc(Cl)cc21. The van der Waals surface area contributed by atoms with Crippen molar-refractivity contribution < 1.29 is 21.6 Å². The summed E-state index contributed by atoms with van der Waals surface area (Å²) in [5, 5.41) is 4.43. The van der Waals surface area contributed by atoms with Crippen LogP contribution in [0.3, 0.4) is 0 Å². The number of carbonyl (C=O) groups is 1. The zero-order valence-corrected chi connectivity index (χ0v) is 21.5. The average molecular weight is 534 g/mol. The molecule has 8 nitrogen and oxygen atoms in total. The van der Waals surface area contributed by atoms with Crippen molar-refractivity contribution in [1.29, 1.82) is 0 Å². The monoisotopic (exact) mass is 533 g/mol. The fourth-order valence-electron chi connectivity index (χ4n) is 4.51. The van der Waals surface area contributed by atoms with Gasteiger partial charge < -0.3 is 5.32 Å². The lowest BCUT2D eigenvalue weighted by molar-refractivity contribution is -0.121. The Labute approximate surface area is 209 Å². The van der Waals surface area contributed by atoms with E-state index in [9.17, 15) is 21.6 Å². The molecule has 1 saturated carbocycles. The minimum atomic E-state index is -3.76. The molecule has 1 aliphatic heterocycles. The van der Waals surface area contributed by atoms with E-state index in [-0.39, 0.29) is 16.3 Å². The quantitative estimate of drug-likeness (QED) is 0.536. The largest absolute Gasteiger partial charge is 0.323 e. The normalized spacial score (nSPS) is 22.0. The first-order valence-electron chi connectivity index (χ1n) is 11.1. The van der Waals surface area contributed by atoms with Gasteiger partial charge in [0.15, 0.2) is 9.84 Å². The van der Waals surface area contributed by atoms with E-state index in [4.69, 9.17) is 11.6 Å². The third-order valence-electron chi connectivity index (χ3n) is 6.71. The van der Waals surface area contributed by atoms with Gasteiger partial charge in [-0.1, -0.05) is 17.7 Å². The summed E-state index contributed by atoms with van der Waals surface area (Å²) in [6.45, 7) is 2.07. The average Bonchev–Trinajstić information content (AvgIpc) is 3.61. The third-order valence-corrected chi connectivity index (χ3v) is 9.93. The molecule has 184 valence electrons. The van der Waals surface area contributed by atoms with Gasteiger partial charge in [0.1, 0.15) is 0 Å². The number of sulfone groups is 1. The van der Waals surface area contributed by atoms with Crippen molar-refractivity contribution in [2.24, 2.45) is 5.92 Å². The second-order valence-corrected chi connectivity index (χ2v) is 13.9. The Morgan fingerprint density at radius 3 is 2.63 bits per heavy atom. The first-order valence-corrected chi connectivity index (χ1v) is 14.8. The summed E-state index contributed by atoms with van der Waals surface area (Å²) in [6, 6.07) is 9.14. The van der Waals surface area contributed by atoms with Crippen LogP contribution in [0.15, 0.2) is 58.6 Å². The minimum absolute atomic E-state index is 0.0125. The summed E-state index contributed by atoms with van der Waals surface area (Å²) in [5.41, 5.74) is -0.461. The number of rotatable bonds is 5. The van der Waals surface area contributed by atoms with E-state index in [1.165, 1.54) is 41.0 Å². The number of sulfonamides is 1. The lowest BCUT2D eigenvalue weighted by atomic mass is 9.80. The molecule has 1 aromatic heterocycles. The lowest BCUT2D eigenvalue weighted by Gasteiger charge is -2.40. The lowest BCUT2D eigenvalue weighted by Crippen LogP contribution is -2.53. The number of anilines is 1. The predicted octanol–water partition coefficient (Wildman–Crippen LogP) is 3.60. The summed E-state index contributed by atoms with van der Waals surface area (Å²) in [6.07, 6.45) is 6.09. The molecule has 2 aromatic carbocycles. The van der Waals surface area contributed by atoms with E-state index in [0.29, 0.717) is 39.5 Å². The summed E-state index contributed by atoms with van der Waals surface area (Å²) in [7, 11) is -7.17. The van der Waals surface area contributed by atoms with Crippen LogP contribution < -0.4 is 5.32 Å². The Balaban J connectivity index is 1.57. The number of benzene rings is 2. The summed E-state index contributed by atoms with van der Waals surface area (Å²) in [4.78, 5) is 18.2. The van der Waals surface area contributed by atoms with E-state index < -0.39 is 31.2 Å². The minimum Gasteiger partial charge on any atom is -0.323 e. The van der Waals surface area contributed by atoms with Crippen molar-refractivity contribution in [3.63, 3.8) is 0 Å². The highest BCUT2D eigenvalue weighted by Crippen LogP contribution is 2.42. The van der Waals surface area contributed by atoms with E-state index in [1.54, 1.807) is 19.1 Å². The number of amides is 1. The molecule has 0 saturated heterocycles. The van der Waals surface area contributed by atoms with Gasteiger partial charge in [0.2, 0.25) is 15.9 Å². The van der Waals surface area contributed by atoms with Crippen LogP contribution in [0.25, 0.3) is 10.8 Å². The zero-order chi connectivity index (χ0) is 25.2. The number of hydrogen-bond donors (Lipinski definition) is 1. The fourth-order valence-corrected chi connectivity index (χ4v) is 7.25. The summed E-state index contributed by atoms with van der Waals surface area (Å²) in [5.74, 6) is -0.101. The van der Waals surface area contributed by atoms with Crippen LogP contribution in [0.5, 0.6) is 0 Å². The van der Waals surface area contributed by atoms with Gasteiger partial charge in [-0.05, 0) is 61.6 Å². The van der Waals surface area contributed by atoms with Gasteiger partial charge in [0, 0.05) is 41.3 Å². The number of nitrogens with zero attached hydrogens (tertiary/aromatic N) is 2. The molecule has 3 aromatic rings. The van der Waals surface area contributed by atoms with Crippen molar-refractivity contribution >= 4 is 53.8 Å². The fraction of sp³-hybridized carbons (Fsp3) is 0.333. The van der Waals surface area contributed by atoms with Crippen molar-refractivity contribution in [2.45, 2.75) is 35.0 Å². The van der Waals surface area contributed by atoms with Gasteiger partial charge in [-0.15, -0.1) is 0 Å². The number of nitrogens with one attached hydrogen (secondary N) is 1. The van der Waals surface area contributed by atoms with Crippen LogP contribution in [-0.4, -0.2) is 51.4 Å². The first-order chi connectivity index (χ1) is 16.4. The molecule has 1 amide bonds. The number of hydrogen-bond acceptors (Lipinski definition) is 6. The second-order valence-electron chi connectivity index (χ2n) is 9.51. The first kappa shape index (κ1) is 24.2. The van der Waals surface area contributed by atoms with Crippen LogP contribution in [0, 0.1) is 5.92 Å². The topological polar surface area (TPSA) is 114 Å². The van der Waals surface area contributed by atoms with Crippen molar-refractivity contribution in [3.8, 4) is 0 Å². The van der Waals surface area contributed by atoms with E-state index in [0.717, 1.165) is 19.1 Å². The van der Waals surface area contributed by atoms with E-state index >= 15 is 0 Å². The van der Waals surface area contributed by atoms with Gasteiger partial charge in [0.05, 0.1) is 27.1 Å². The van der Waals surface area contributed by atoms with Crippen LogP contribution in [-0.2, 0) is 30.1 Å². The molecule has 2 heterocycles. The number of fused-ring (bicyclic) bond motifs is 2. The molecule has 0 bridgehead atoms. The van der Waals surface area contributed by atoms with Crippen molar-refractivity contribution in [3.05, 3.63) is 59.4 Å². The molecule has 1 unspecified atom stereocenters. The highest BCUT2D eigenvalue weighted by atomic mass is 35.5. The van der Waals surface area contributed by atoms with Gasteiger partial charge >= 0.3 is 0 Å². The van der Waals surface area contributed by atoms with Crippen molar-refractivity contribution in [2.75, 3.05) is 24.7 Å². The molecule has 2 aliphatic rings. The van der Waals surface area contributed by atoms with Gasteiger partial charge in [-0.25, -0.2) is 16.8 Å². The maximum atomic E-state index is 13.8. The van der Waals surface area contributed by atoms with Gasteiger partial charge in [-0.3, -0.25) is 9.78 Å². The molecule has 0 radical (unpaired) electrons. The van der Waals surface area contributed by atoms with E-state index in [1.807, 2.05) is 0 Å². The third kappa shape index (κ3) is 4.33. The number of pyridine rings is 1. The van der Waals surface area contributed by atoms with Gasteiger partial charge in [-0.2, -0.15) is 4.31 Å². The van der Waals surface area contributed by atoms with E-state index in [2.05, 4.69) is 10.3 Å². The zero-order valence-electron chi connectivity index (χ0n) is 19.2. The molecule has 1 fully saturated rings. The molecular formula is C24H24ClN3O5S2. The molecule has 1 atom stereocenters. The maximum absolute atomic E-state index is 13.8. The number of carbonyl (C=O) groups excluding carboxylic acids is 1. The molecule has 35 heavy (non-hydrogen) atoms. The van der Waals surface area contributed by atoms with Crippen LogP contribution in [0.2, 0.25) is 5.02 Å². The standard InChI is InChI=1S/C24H24ClN3O5S2/c1-24(14-28(13-15-3-4-15)35(32,33)22-8-5-17(25)10-20(22)24)23(29)27-21-12-26-11-16-9-18(34(2,30)31)6-7-19(16)21/h5-12,15H,3-4,13-14H2,1-2H3,(H,27,29). The van der Waals surface area contributed by atoms with Crippen LogP contribution in [0.4, 0.5) is 5.69 Å².